The largest absolute Gasteiger partial charge is 0.493 e. The standard InChI is InChI=1S/C31H27ClN8O4S/c1-16(41)24-27(39-12-9-31(10-13-39)25(33)17-5-2-3-7-19(17)44-31)38-26(34)29(37-24)45-20-8-4-6-18(23(20)32)22-28(42)36-21-15-35-11-14-40(21)30(22)43/h2-8,11,14-15,25,42H,9-10,12-13,33H2,1H3,(H2,34,38)/t25-/m1/s1. The van der Waals surface area contributed by atoms with Gasteiger partial charge in [-0.25, -0.2) is 9.97 Å². The normalized spacial score (nSPS) is 17.0. The van der Waals surface area contributed by atoms with Gasteiger partial charge in [-0.2, -0.15) is 4.98 Å². The number of ketones is 1. The highest BCUT2D eigenvalue weighted by atomic mass is 35.5. The maximum Gasteiger partial charge on any atom is 0.269 e. The molecule has 1 fully saturated rings. The summed E-state index contributed by atoms with van der Waals surface area (Å²) in [5.74, 6) is 0.584. The van der Waals surface area contributed by atoms with Crippen molar-refractivity contribution in [3.05, 3.63) is 87.7 Å². The number of hydrogen-bond acceptors (Lipinski definition) is 12. The van der Waals surface area contributed by atoms with Gasteiger partial charge in [0.05, 0.1) is 17.3 Å². The lowest BCUT2D eigenvalue weighted by atomic mass is 9.83. The fraction of sp³-hybridized carbons (Fsp3) is 0.226. The van der Waals surface area contributed by atoms with E-state index in [2.05, 4.69) is 19.9 Å². The second-order valence-electron chi connectivity index (χ2n) is 11.0. The minimum atomic E-state index is -0.526. The van der Waals surface area contributed by atoms with Crippen LogP contribution in [0.1, 0.15) is 41.9 Å². The van der Waals surface area contributed by atoms with E-state index in [-0.39, 0.29) is 50.2 Å². The summed E-state index contributed by atoms with van der Waals surface area (Å²) in [5.41, 5.74) is 13.6. The van der Waals surface area contributed by atoms with Crippen LogP contribution >= 0.6 is 23.4 Å². The Morgan fingerprint density at radius 1 is 1.13 bits per heavy atom. The monoisotopic (exact) mass is 642 g/mol. The number of carbonyl (C=O) groups is 1. The Labute approximate surface area is 266 Å². The van der Waals surface area contributed by atoms with Gasteiger partial charge in [-0.1, -0.05) is 53.7 Å². The number of nitrogen functional groups attached to an aromatic ring is 1. The van der Waals surface area contributed by atoms with Crippen molar-refractivity contribution in [3.8, 4) is 22.8 Å². The van der Waals surface area contributed by atoms with Crippen molar-refractivity contribution in [2.24, 2.45) is 5.73 Å². The summed E-state index contributed by atoms with van der Waals surface area (Å²) < 4.78 is 7.64. The highest BCUT2D eigenvalue weighted by molar-refractivity contribution is 7.99. The molecule has 7 rings (SSSR count). The van der Waals surface area contributed by atoms with E-state index < -0.39 is 17.0 Å². The van der Waals surface area contributed by atoms with Crippen molar-refractivity contribution in [1.82, 2.24) is 24.3 Å². The van der Waals surface area contributed by atoms with Crippen molar-refractivity contribution in [2.45, 2.75) is 41.3 Å². The molecule has 0 radical (unpaired) electrons. The van der Waals surface area contributed by atoms with Gasteiger partial charge in [-0.15, -0.1) is 0 Å². The summed E-state index contributed by atoms with van der Waals surface area (Å²) in [5, 5.41) is 11.1. The molecule has 5 N–H and O–H groups in total. The molecule has 0 aliphatic carbocycles. The molecule has 228 valence electrons. The minimum Gasteiger partial charge on any atom is -0.493 e. The fourth-order valence-corrected chi connectivity index (χ4v) is 7.15. The van der Waals surface area contributed by atoms with Crippen LogP contribution in [0, 0.1) is 0 Å². The first kappa shape index (κ1) is 29.0. The fourth-order valence-electron chi connectivity index (χ4n) is 5.97. The molecule has 0 unspecified atom stereocenters. The molecular weight excluding hydrogens is 616 g/mol. The van der Waals surface area contributed by atoms with Crippen LogP contribution in [0.15, 0.2) is 75.8 Å². The highest BCUT2D eigenvalue weighted by Crippen LogP contribution is 2.48. The first-order valence-electron chi connectivity index (χ1n) is 14.2. The molecule has 1 saturated heterocycles. The lowest BCUT2D eigenvalue weighted by Gasteiger charge is -2.41. The van der Waals surface area contributed by atoms with Gasteiger partial charge in [0, 0.05) is 61.3 Å². The first-order chi connectivity index (χ1) is 21.7. The van der Waals surface area contributed by atoms with Crippen LogP contribution in [-0.2, 0) is 0 Å². The van der Waals surface area contributed by atoms with Crippen molar-refractivity contribution < 1.29 is 14.6 Å². The van der Waals surface area contributed by atoms with Crippen LogP contribution in [-0.4, -0.2) is 53.9 Å². The third kappa shape index (κ3) is 4.83. The quantitative estimate of drug-likeness (QED) is 0.233. The zero-order chi connectivity index (χ0) is 31.5. The van der Waals surface area contributed by atoms with Crippen molar-refractivity contribution in [3.63, 3.8) is 0 Å². The van der Waals surface area contributed by atoms with Crippen LogP contribution in [0.3, 0.4) is 0 Å². The Hall–Kier alpha value is -4.72. The van der Waals surface area contributed by atoms with E-state index in [4.69, 9.17) is 27.8 Å². The Bertz CT molecular complexity index is 2060. The van der Waals surface area contributed by atoms with Gasteiger partial charge in [0.2, 0.25) is 5.88 Å². The number of piperidine rings is 1. The number of rotatable bonds is 5. The van der Waals surface area contributed by atoms with Gasteiger partial charge < -0.3 is 26.2 Å². The smallest absolute Gasteiger partial charge is 0.269 e. The maximum absolute atomic E-state index is 13.3. The number of aromatic hydroxyl groups is 1. The molecule has 2 aliphatic rings. The van der Waals surface area contributed by atoms with E-state index >= 15 is 0 Å². The lowest BCUT2D eigenvalue weighted by molar-refractivity contribution is 0.0430. The van der Waals surface area contributed by atoms with E-state index in [1.165, 1.54) is 29.9 Å². The van der Waals surface area contributed by atoms with Crippen LogP contribution in [0.2, 0.25) is 5.02 Å². The average molecular weight is 643 g/mol. The summed E-state index contributed by atoms with van der Waals surface area (Å²) in [7, 11) is 0. The van der Waals surface area contributed by atoms with E-state index in [9.17, 15) is 14.7 Å². The van der Waals surface area contributed by atoms with Gasteiger partial charge >= 0.3 is 0 Å². The number of nitrogens with two attached hydrogens (primary N) is 2. The average Bonchev–Trinajstić information content (AvgIpc) is 3.30. The third-order valence-electron chi connectivity index (χ3n) is 8.30. The Morgan fingerprint density at radius 3 is 2.67 bits per heavy atom. The summed E-state index contributed by atoms with van der Waals surface area (Å²) in [4.78, 5) is 45.9. The van der Waals surface area contributed by atoms with Crippen LogP contribution < -0.4 is 26.7 Å². The summed E-state index contributed by atoms with van der Waals surface area (Å²) in [6, 6.07) is 12.6. The molecule has 45 heavy (non-hydrogen) atoms. The van der Waals surface area contributed by atoms with Gasteiger partial charge in [0.25, 0.3) is 5.56 Å². The number of hydrogen-bond donors (Lipinski definition) is 3. The van der Waals surface area contributed by atoms with Crippen LogP contribution in [0.4, 0.5) is 11.6 Å². The van der Waals surface area contributed by atoms with E-state index in [1.807, 2.05) is 29.2 Å². The van der Waals surface area contributed by atoms with Crippen LogP contribution in [0.5, 0.6) is 11.6 Å². The number of benzene rings is 2. The molecule has 5 aromatic rings. The summed E-state index contributed by atoms with van der Waals surface area (Å²) >= 11 is 7.90. The van der Waals surface area contributed by atoms with Crippen molar-refractivity contribution in [2.75, 3.05) is 23.7 Å². The summed E-state index contributed by atoms with van der Waals surface area (Å²) in [6.07, 6.45) is 5.54. The highest BCUT2D eigenvalue weighted by Gasteiger charge is 2.48. The lowest BCUT2D eigenvalue weighted by Crippen LogP contribution is -2.52. The second-order valence-corrected chi connectivity index (χ2v) is 12.4. The van der Waals surface area contributed by atoms with E-state index in [1.54, 1.807) is 18.2 Å². The molecule has 0 saturated carbocycles. The number of halogens is 1. The molecule has 1 spiro atoms. The molecule has 2 aliphatic heterocycles. The molecule has 0 amide bonds. The molecular formula is C31H27ClN8O4S. The topological polar surface area (TPSA) is 175 Å². The Kier molecular flexibility index (Phi) is 7.10. The molecule has 14 heteroatoms. The molecule has 5 heterocycles. The third-order valence-corrected chi connectivity index (χ3v) is 9.88. The van der Waals surface area contributed by atoms with E-state index in [0.29, 0.717) is 36.6 Å². The SMILES string of the molecule is CC(=O)c1nc(Sc2cccc(-c3c(O)nc4cnccn4c3=O)c2Cl)c(N)nc1N1CCC2(CC1)Oc1ccccc1[C@H]2N. The van der Waals surface area contributed by atoms with Crippen molar-refractivity contribution >= 4 is 46.4 Å². The predicted octanol–water partition coefficient (Wildman–Crippen LogP) is 4.27. The number of Topliss-reactive ketones (excluding diaryl/α,β-unsaturated/α-hetero) is 1. The number of carbonyl (C=O) groups excluding carboxylic acids is 1. The van der Waals surface area contributed by atoms with Crippen LogP contribution in [0.25, 0.3) is 16.8 Å². The van der Waals surface area contributed by atoms with E-state index in [0.717, 1.165) is 23.1 Å². The predicted molar refractivity (Wildman–Crippen MR) is 170 cm³/mol. The number of aromatic nitrogens is 5. The molecule has 2 aromatic carbocycles. The van der Waals surface area contributed by atoms with Gasteiger partial charge in [-0.05, 0) is 12.1 Å². The molecule has 3 aromatic heterocycles. The number of fused-ring (bicyclic) bond motifs is 2. The van der Waals surface area contributed by atoms with Gasteiger partial charge in [0.15, 0.2) is 23.1 Å². The molecule has 1 atom stereocenters. The Balaban J connectivity index is 1.18. The minimum absolute atomic E-state index is 0.0677. The van der Waals surface area contributed by atoms with Crippen molar-refractivity contribution in [1.29, 1.82) is 0 Å². The zero-order valence-corrected chi connectivity index (χ0v) is 25.5. The second kappa shape index (κ2) is 11.0. The summed E-state index contributed by atoms with van der Waals surface area (Å²) in [6.45, 7) is 2.53. The number of nitrogens with zero attached hydrogens (tertiary/aromatic N) is 6. The van der Waals surface area contributed by atoms with Gasteiger partial charge in [-0.3, -0.25) is 19.0 Å². The van der Waals surface area contributed by atoms with Gasteiger partial charge in [0.1, 0.15) is 27.6 Å². The number of ether oxygens (including phenoxy) is 1. The Morgan fingerprint density at radius 2 is 1.91 bits per heavy atom. The molecule has 0 bridgehead atoms. The number of para-hydroxylation sites is 1. The maximum atomic E-state index is 13.3. The zero-order valence-electron chi connectivity index (χ0n) is 24.0. The first-order valence-corrected chi connectivity index (χ1v) is 15.4. The molecule has 12 nitrogen and oxygen atoms in total. The number of anilines is 2.